The molecule has 3 aromatic rings. The van der Waals surface area contributed by atoms with Gasteiger partial charge in [0.25, 0.3) is 5.91 Å². The van der Waals surface area contributed by atoms with Crippen LogP contribution in [-0.2, 0) is 0 Å². The third-order valence-electron chi connectivity index (χ3n) is 3.13. The molecule has 2 heterocycles. The number of rotatable bonds is 3. The van der Waals surface area contributed by atoms with Gasteiger partial charge < -0.3 is 14.9 Å². The first kappa shape index (κ1) is 12.2. The van der Waals surface area contributed by atoms with Crippen LogP contribution in [0.15, 0.2) is 48.8 Å². The number of hydrogen-bond acceptors (Lipinski definition) is 3. The summed E-state index contributed by atoms with van der Waals surface area (Å²) >= 11 is 0. The first-order valence-electron chi connectivity index (χ1n) is 6.11. The summed E-state index contributed by atoms with van der Waals surface area (Å²) < 4.78 is 6.92. The van der Waals surface area contributed by atoms with Crippen molar-refractivity contribution >= 4 is 11.6 Å². The summed E-state index contributed by atoms with van der Waals surface area (Å²) in [5.41, 5.74) is 8.06. The number of imidazole rings is 1. The van der Waals surface area contributed by atoms with Gasteiger partial charge in [0.15, 0.2) is 0 Å². The molecule has 2 aromatic heterocycles. The average Bonchev–Trinajstić information content (AvgIpc) is 2.90. The molecule has 0 saturated heterocycles. The number of hydrogen-bond donors (Lipinski definition) is 1. The maximum Gasteiger partial charge on any atom is 0.252 e. The van der Waals surface area contributed by atoms with Gasteiger partial charge in [-0.15, -0.1) is 0 Å². The summed E-state index contributed by atoms with van der Waals surface area (Å²) in [6.07, 6.45) is 3.70. The Bertz CT molecular complexity index is 775. The van der Waals surface area contributed by atoms with Gasteiger partial charge in [-0.25, -0.2) is 4.98 Å². The van der Waals surface area contributed by atoms with Gasteiger partial charge in [0, 0.05) is 18.0 Å². The van der Waals surface area contributed by atoms with Gasteiger partial charge in [-0.3, -0.25) is 4.79 Å². The van der Waals surface area contributed by atoms with Crippen LogP contribution in [0.5, 0.6) is 5.75 Å². The van der Waals surface area contributed by atoms with Crippen molar-refractivity contribution in [1.82, 2.24) is 9.38 Å². The van der Waals surface area contributed by atoms with E-state index >= 15 is 0 Å². The lowest BCUT2D eigenvalue weighted by Crippen LogP contribution is -2.12. The van der Waals surface area contributed by atoms with E-state index in [2.05, 4.69) is 4.98 Å². The highest BCUT2D eigenvalue weighted by Gasteiger charge is 2.11. The maximum atomic E-state index is 11.4. The molecule has 5 heteroatoms. The third kappa shape index (κ3) is 1.99. The number of nitrogens with zero attached hydrogens (tertiary/aromatic N) is 2. The molecule has 0 atom stereocenters. The number of primary amides is 1. The lowest BCUT2D eigenvalue weighted by Gasteiger charge is -2.00. The second-order valence-electron chi connectivity index (χ2n) is 4.37. The Morgan fingerprint density at radius 2 is 2.00 bits per heavy atom. The van der Waals surface area contributed by atoms with Crippen molar-refractivity contribution in [2.24, 2.45) is 5.73 Å². The predicted octanol–water partition coefficient (Wildman–Crippen LogP) is 2.11. The van der Waals surface area contributed by atoms with Gasteiger partial charge in [0.2, 0.25) is 0 Å². The Balaban J connectivity index is 2.12. The normalized spacial score (nSPS) is 10.7. The number of ether oxygens (including phenoxy) is 1. The van der Waals surface area contributed by atoms with Crippen molar-refractivity contribution in [2.45, 2.75) is 0 Å². The molecule has 0 bridgehead atoms. The van der Waals surface area contributed by atoms with E-state index in [1.54, 1.807) is 23.6 Å². The molecule has 20 heavy (non-hydrogen) atoms. The Morgan fingerprint density at radius 3 is 2.65 bits per heavy atom. The van der Waals surface area contributed by atoms with E-state index in [1.807, 2.05) is 36.7 Å². The van der Waals surface area contributed by atoms with E-state index in [0.29, 0.717) is 11.2 Å². The smallest absolute Gasteiger partial charge is 0.252 e. The first-order valence-corrected chi connectivity index (χ1v) is 6.11. The number of methoxy groups -OCH3 is 1. The molecule has 2 N–H and O–H groups in total. The summed E-state index contributed by atoms with van der Waals surface area (Å²) in [6, 6.07) is 11.0. The molecule has 1 amide bonds. The van der Waals surface area contributed by atoms with Crippen molar-refractivity contribution in [2.75, 3.05) is 7.11 Å². The molecule has 0 unspecified atom stereocenters. The lowest BCUT2D eigenvalue weighted by molar-refractivity contribution is 0.100. The fraction of sp³-hybridized carbons (Fsp3) is 0.0667. The topological polar surface area (TPSA) is 69.6 Å². The molecule has 1 aromatic carbocycles. The molecule has 3 rings (SSSR count). The van der Waals surface area contributed by atoms with Crippen LogP contribution in [0, 0.1) is 0 Å². The van der Waals surface area contributed by atoms with E-state index in [9.17, 15) is 4.79 Å². The Labute approximate surface area is 115 Å². The van der Waals surface area contributed by atoms with Gasteiger partial charge >= 0.3 is 0 Å². The molecule has 0 aliphatic rings. The highest BCUT2D eigenvalue weighted by Crippen LogP contribution is 2.23. The lowest BCUT2D eigenvalue weighted by atomic mass is 10.2. The van der Waals surface area contributed by atoms with Crippen LogP contribution in [0.3, 0.4) is 0 Å². The standard InChI is InChI=1S/C15H13N3O2/c1-20-11-6-4-10(5-7-11)13-9-18-8-2-3-12(14(16)19)15(18)17-13/h2-9H,1H3,(H2,16,19). The fourth-order valence-electron chi connectivity index (χ4n) is 2.11. The van der Waals surface area contributed by atoms with Gasteiger partial charge in [0.1, 0.15) is 11.4 Å². The number of pyridine rings is 1. The summed E-state index contributed by atoms with van der Waals surface area (Å²) in [4.78, 5) is 15.9. The number of aromatic nitrogens is 2. The van der Waals surface area contributed by atoms with E-state index < -0.39 is 5.91 Å². The van der Waals surface area contributed by atoms with Crippen molar-refractivity contribution in [3.8, 4) is 17.0 Å². The number of carbonyl (C=O) groups is 1. The van der Waals surface area contributed by atoms with Crippen LogP contribution in [-0.4, -0.2) is 22.4 Å². The van der Waals surface area contributed by atoms with Gasteiger partial charge in [-0.05, 0) is 36.4 Å². The van der Waals surface area contributed by atoms with E-state index in [-0.39, 0.29) is 0 Å². The average molecular weight is 267 g/mol. The zero-order valence-electron chi connectivity index (χ0n) is 10.9. The molecule has 0 fully saturated rings. The van der Waals surface area contributed by atoms with Crippen molar-refractivity contribution in [3.63, 3.8) is 0 Å². The predicted molar refractivity (Wildman–Crippen MR) is 75.7 cm³/mol. The molecular weight excluding hydrogens is 254 g/mol. The summed E-state index contributed by atoms with van der Waals surface area (Å²) in [5.74, 6) is 0.304. The minimum Gasteiger partial charge on any atom is -0.497 e. The highest BCUT2D eigenvalue weighted by atomic mass is 16.5. The van der Waals surface area contributed by atoms with Crippen molar-refractivity contribution in [1.29, 1.82) is 0 Å². The third-order valence-corrected chi connectivity index (χ3v) is 3.13. The van der Waals surface area contributed by atoms with Crippen LogP contribution in [0.25, 0.3) is 16.9 Å². The summed E-state index contributed by atoms with van der Waals surface area (Å²) in [7, 11) is 1.62. The summed E-state index contributed by atoms with van der Waals surface area (Å²) in [5, 5.41) is 0. The second kappa shape index (κ2) is 4.70. The van der Waals surface area contributed by atoms with E-state index in [1.165, 1.54) is 0 Å². The van der Waals surface area contributed by atoms with E-state index in [0.717, 1.165) is 17.0 Å². The number of fused-ring (bicyclic) bond motifs is 1. The molecule has 0 radical (unpaired) electrons. The quantitative estimate of drug-likeness (QED) is 0.790. The molecule has 0 spiro atoms. The Morgan fingerprint density at radius 1 is 1.25 bits per heavy atom. The molecule has 100 valence electrons. The van der Waals surface area contributed by atoms with Crippen LogP contribution in [0.2, 0.25) is 0 Å². The van der Waals surface area contributed by atoms with Gasteiger partial charge in [-0.2, -0.15) is 0 Å². The SMILES string of the molecule is COc1ccc(-c2cn3cccc(C(N)=O)c3n2)cc1. The highest BCUT2D eigenvalue weighted by molar-refractivity contribution is 5.98. The second-order valence-corrected chi connectivity index (χ2v) is 4.37. The zero-order chi connectivity index (χ0) is 14.1. The van der Waals surface area contributed by atoms with Crippen molar-refractivity contribution < 1.29 is 9.53 Å². The maximum absolute atomic E-state index is 11.4. The van der Waals surface area contributed by atoms with E-state index in [4.69, 9.17) is 10.5 Å². The summed E-state index contributed by atoms with van der Waals surface area (Å²) in [6.45, 7) is 0. The number of benzene rings is 1. The molecule has 0 saturated carbocycles. The Kier molecular flexibility index (Phi) is 2.87. The van der Waals surface area contributed by atoms with Gasteiger partial charge in [0.05, 0.1) is 18.4 Å². The van der Waals surface area contributed by atoms with Crippen LogP contribution >= 0.6 is 0 Å². The largest absolute Gasteiger partial charge is 0.497 e. The monoisotopic (exact) mass is 267 g/mol. The number of amides is 1. The van der Waals surface area contributed by atoms with Crippen molar-refractivity contribution in [3.05, 3.63) is 54.4 Å². The van der Waals surface area contributed by atoms with Crippen LogP contribution in [0.4, 0.5) is 0 Å². The van der Waals surface area contributed by atoms with Gasteiger partial charge in [-0.1, -0.05) is 0 Å². The van der Waals surface area contributed by atoms with Crippen LogP contribution < -0.4 is 10.5 Å². The minimum absolute atomic E-state index is 0.410. The minimum atomic E-state index is -0.484. The fourth-order valence-corrected chi connectivity index (χ4v) is 2.11. The number of carbonyl (C=O) groups excluding carboxylic acids is 1. The first-order chi connectivity index (χ1) is 9.69. The number of nitrogens with two attached hydrogens (primary N) is 1. The molecular formula is C15H13N3O2. The van der Waals surface area contributed by atoms with Crippen LogP contribution in [0.1, 0.15) is 10.4 Å². The molecule has 0 aliphatic carbocycles. The molecule has 0 aliphatic heterocycles. The zero-order valence-corrected chi connectivity index (χ0v) is 10.9. The Hall–Kier alpha value is -2.82. The molecule has 5 nitrogen and oxygen atoms in total.